The van der Waals surface area contributed by atoms with E-state index in [0.29, 0.717) is 11.1 Å². The van der Waals surface area contributed by atoms with Crippen LogP contribution in [0.25, 0.3) is 0 Å². The minimum absolute atomic E-state index is 0.0572. The molecule has 0 aliphatic rings. The van der Waals surface area contributed by atoms with Gasteiger partial charge in [-0.1, -0.05) is 36.4 Å². The van der Waals surface area contributed by atoms with Crippen molar-refractivity contribution in [1.29, 1.82) is 0 Å². The van der Waals surface area contributed by atoms with E-state index in [4.69, 9.17) is 9.05 Å². The number of hydrogen-bond acceptors (Lipinski definition) is 6. The number of nitrogens with zero attached hydrogens (tertiary/aromatic N) is 1. The highest BCUT2D eigenvalue weighted by Gasteiger charge is 2.27. The number of carbonyl (C=O) groups is 1. The van der Waals surface area contributed by atoms with E-state index in [1.807, 2.05) is 0 Å². The molecule has 7 nitrogen and oxygen atoms in total. The molecule has 138 valence electrons. The Labute approximate surface area is 151 Å². The number of nitro groups is 1. The summed E-state index contributed by atoms with van der Waals surface area (Å²) in [5, 5.41) is 11.3. The van der Waals surface area contributed by atoms with E-state index in [9.17, 15) is 19.5 Å². The monoisotopic (exact) mass is 377 g/mol. The van der Waals surface area contributed by atoms with Crippen LogP contribution in [-0.2, 0) is 19.8 Å². The van der Waals surface area contributed by atoms with Crippen LogP contribution in [-0.4, -0.2) is 23.9 Å². The van der Waals surface area contributed by atoms with Gasteiger partial charge in [0.1, 0.15) is 5.56 Å². The van der Waals surface area contributed by atoms with E-state index in [1.54, 1.807) is 44.2 Å². The predicted molar refractivity (Wildman–Crippen MR) is 97.5 cm³/mol. The van der Waals surface area contributed by atoms with E-state index in [-0.39, 0.29) is 30.6 Å². The molecule has 26 heavy (non-hydrogen) atoms. The van der Waals surface area contributed by atoms with Crippen LogP contribution in [0.3, 0.4) is 0 Å². The minimum Gasteiger partial charge on any atom is -0.309 e. The summed E-state index contributed by atoms with van der Waals surface area (Å²) in [7, 11) is -3.38. The zero-order valence-electron chi connectivity index (χ0n) is 14.6. The Hall–Kier alpha value is -2.34. The van der Waals surface area contributed by atoms with Gasteiger partial charge in [-0.15, -0.1) is 0 Å². The molecule has 0 saturated carbocycles. The SMILES string of the molecule is CCOP(=O)(Cc1ccc([N+](=O)[O-])c(C(=O)c2ccccc2)c1)OCC. The van der Waals surface area contributed by atoms with Crippen molar-refractivity contribution in [2.75, 3.05) is 13.2 Å². The molecule has 0 heterocycles. The first-order valence-corrected chi connectivity index (χ1v) is 9.88. The number of hydrogen-bond donors (Lipinski definition) is 0. The van der Waals surface area contributed by atoms with Crippen LogP contribution >= 0.6 is 7.60 Å². The molecular weight excluding hydrogens is 357 g/mol. The van der Waals surface area contributed by atoms with E-state index in [1.165, 1.54) is 18.2 Å². The maximum Gasteiger partial charge on any atom is 0.335 e. The molecule has 0 bridgehead atoms. The Morgan fingerprint density at radius 3 is 2.23 bits per heavy atom. The Morgan fingerprint density at radius 1 is 1.08 bits per heavy atom. The van der Waals surface area contributed by atoms with Gasteiger partial charge < -0.3 is 9.05 Å². The van der Waals surface area contributed by atoms with Crippen LogP contribution < -0.4 is 0 Å². The van der Waals surface area contributed by atoms with Gasteiger partial charge in [-0.3, -0.25) is 19.5 Å². The average molecular weight is 377 g/mol. The van der Waals surface area contributed by atoms with Crippen molar-refractivity contribution in [2.45, 2.75) is 20.0 Å². The van der Waals surface area contributed by atoms with E-state index in [0.717, 1.165) is 0 Å². The summed E-state index contributed by atoms with van der Waals surface area (Å²) >= 11 is 0. The lowest BCUT2D eigenvalue weighted by atomic mass is 10.00. The molecule has 0 spiro atoms. The van der Waals surface area contributed by atoms with Gasteiger partial charge in [-0.05, 0) is 25.5 Å². The fraction of sp³-hybridized carbons (Fsp3) is 0.278. The largest absolute Gasteiger partial charge is 0.335 e. The van der Waals surface area contributed by atoms with Gasteiger partial charge in [-0.25, -0.2) is 0 Å². The summed E-state index contributed by atoms with van der Waals surface area (Å²) in [6.45, 7) is 3.82. The summed E-state index contributed by atoms with van der Waals surface area (Å²) in [5.74, 6) is -0.471. The van der Waals surface area contributed by atoms with Crippen LogP contribution in [0.5, 0.6) is 0 Å². The van der Waals surface area contributed by atoms with E-state index < -0.39 is 18.3 Å². The van der Waals surface area contributed by atoms with Crippen molar-refractivity contribution in [3.8, 4) is 0 Å². The molecule has 0 aliphatic heterocycles. The maximum atomic E-state index is 12.7. The molecule has 0 fully saturated rings. The molecule has 2 aromatic carbocycles. The highest BCUT2D eigenvalue weighted by Crippen LogP contribution is 2.51. The highest BCUT2D eigenvalue weighted by molar-refractivity contribution is 7.53. The molecule has 0 radical (unpaired) electrons. The van der Waals surface area contributed by atoms with Gasteiger partial charge in [0.2, 0.25) is 0 Å². The Kier molecular flexibility index (Phi) is 6.80. The summed E-state index contributed by atoms with van der Waals surface area (Å²) in [5.41, 5.74) is 0.453. The third-order valence-corrected chi connectivity index (χ3v) is 5.62. The second kappa shape index (κ2) is 8.85. The van der Waals surface area contributed by atoms with Gasteiger partial charge >= 0.3 is 7.60 Å². The van der Waals surface area contributed by atoms with Gasteiger partial charge in [0, 0.05) is 11.6 Å². The third-order valence-electron chi connectivity index (χ3n) is 3.57. The molecule has 0 amide bonds. The Bertz CT molecular complexity index is 827. The van der Waals surface area contributed by atoms with Gasteiger partial charge in [0.25, 0.3) is 5.69 Å². The summed E-state index contributed by atoms with van der Waals surface area (Å²) in [6, 6.07) is 12.4. The molecule has 0 N–H and O–H groups in total. The van der Waals surface area contributed by atoms with Crippen molar-refractivity contribution in [2.24, 2.45) is 0 Å². The molecule has 2 aromatic rings. The van der Waals surface area contributed by atoms with Crippen LogP contribution in [0.15, 0.2) is 48.5 Å². The first kappa shape index (κ1) is 20.0. The molecular formula is C18H20NO6P. The number of rotatable bonds is 9. The first-order chi connectivity index (χ1) is 12.4. The van der Waals surface area contributed by atoms with Crippen molar-refractivity contribution in [1.82, 2.24) is 0 Å². The normalized spacial score (nSPS) is 11.3. The third kappa shape index (κ3) is 4.85. The Balaban J connectivity index is 2.44. The fourth-order valence-corrected chi connectivity index (χ4v) is 4.20. The lowest BCUT2D eigenvalue weighted by molar-refractivity contribution is -0.385. The standard InChI is InChI=1S/C18H20NO6P/c1-3-24-26(23,25-4-2)13-14-10-11-17(19(21)22)16(12-14)18(20)15-8-6-5-7-9-15/h5-12H,3-4,13H2,1-2H3. The second-order valence-corrected chi connectivity index (χ2v) is 7.46. The van der Waals surface area contributed by atoms with Gasteiger partial charge in [0.05, 0.1) is 24.3 Å². The zero-order chi connectivity index (χ0) is 19.2. The summed E-state index contributed by atoms with van der Waals surface area (Å²) < 4.78 is 23.2. The lowest BCUT2D eigenvalue weighted by Gasteiger charge is -2.17. The Morgan fingerprint density at radius 2 is 1.69 bits per heavy atom. The minimum atomic E-state index is -3.38. The highest BCUT2D eigenvalue weighted by atomic mass is 31.2. The van der Waals surface area contributed by atoms with Gasteiger partial charge in [0.15, 0.2) is 5.78 Å². The first-order valence-electron chi connectivity index (χ1n) is 8.15. The average Bonchev–Trinajstić information content (AvgIpc) is 2.61. The maximum absolute atomic E-state index is 12.7. The van der Waals surface area contributed by atoms with Crippen LogP contribution in [0, 0.1) is 10.1 Å². The second-order valence-electron chi connectivity index (χ2n) is 5.41. The topological polar surface area (TPSA) is 95.7 Å². The van der Waals surface area contributed by atoms with Crippen LogP contribution in [0.1, 0.15) is 35.3 Å². The summed E-state index contributed by atoms with van der Waals surface area (Å²) in [4.78, 5) is 23.4. The fourth-order valence-electron chi connectivity index (χ4n) is 2.51. The predicted octanol–water partition coefficient (Wildman–Crippen LogP) is 4.59. The van der Waals surface area contributed by atoms with E-state index in [2.05, 4.69) is 0 Å². The van der Waals surface area contributed by atoms with Crippen LogP contribution in [0.4, 0.5) is 5.69 Å². The van der Waals surface area contributed by atoms with Crippen LogP contribution in [0.2, 0.25) is 0 Å². The summed E-state index contributed by atoms with van der Waals surface area (Å²) in [6.07, 6.45) is -0.0677. The zero-order valence-corrected chi connectivity index (χ0v) is 15.5. The lowest BCUT2D eigenvalue weighted by Crippen LogP contribution is -2.07. The molecule has 0 unspecified atom stereocenters. The number of nitro benzene ring substituents is 1. The van der Waals surface area contributed by atoms with Crippen molar-refractivity contribution >= 4 is 19.1 Å². The van der Waals surface area contributed by atoms with Crippen molar-refractivity contribution in [3.05, 3.63) is 75.3 Å². The quantitative estimate of drug-likeness (QED) is 0.274. The number of benzene rings is 2. The molecule has 8 heteroatoms. The molecule has 0 aliphatic carbocycles. The van der Waals surface area contributed by atoms with Crippen molar-refractivity contribution in [3.63, 3.8) is 0 Å². The molecule has 0 aromatic heterocycles. The van der Waals surface area contributed by atoms with Gasteiger partial charge in [-0.2, -0.15) is 0 Å². The molecule has 2 rings (SSSR count). The number of carbonyl (C=O) groups excluding carboxylic acids is 1. The molecule has 0 atom stereocenters. The number of ketones is 1. The molecule has 0 saturated heterocycles. The van der Waals surface area contributed by atoms with E-state index >= 15 is 0 Å². The smallest absolute Gasteiger partial charge is 0.309 e. The van der Waals surface area contributed by atoms with Crippen molar-refractivity contribution < 1.29 is 23.3 Å².